The zero-order valence-electron chi connectivity index (χ0n) is 15.1. The van der Waals surface area contributed by atoms with Crippen LogP contribution >= 0.6 is 0 Å². The van der Waals surface area contributed by atoms with Gasteiger partial charge in [0.1, 0.15) is 17.0 Å². The number of anilines is 1. The van der Waals surface area contributed by atoms with Crippen LogP contribution in [-0.2, 0) is 17.6 Å². The van der Waals surface area contributed by atoms with Crippen molar-refractivity contribution in [2.24, 2.45) is 0 Å². The highest BCUT2D eigenvalue weighted by molar-refractivity contribution is 6.23. The van der Waals surface area contributed by atoms with Crippen LogP contribution in [0.25, 0.3) is 0 Å². The van der Waals surface area contributed by atoms with E-state index in [1.165, 1.54) is 4.90 Å². The van der Waals surface area contributed by atoms with Crippen LogP contribution in [0.15, 0.2) is 78.9 Å². The maximum atomic E-state index is 13.2. The number of ether oxygens (including phenoxy) is 1. The average molecular weight is 370 g/mol. The molecule has 0 aromatic heterocycles. The summed E-state index contributed by atoms with van der Waals surface area (Å²) < 4.78 is 5.78. The van der Waals surface area contributed by atoms with Crippen LogP contribution in [0.3, 0.4) is 0 Å². The average Bonchev–Trinajstić information content (AvgIpc) is 3.20. The number of imide groups is 1. The van der Waals surface area contributed by atoms with E-state index in [0.717, 1.165) is 16.9 Å². The van der Waals surface area contributed by atoms with Gasteiger partial charge in [0.15, 0.2) is 0 Å². The quantitative estimate of drug-likeness (QED) is 0.707. The number of fused-ring (bicyclic) bond motifs is 1. The third kappa shape index (κ3) is 2.63. The Kier molecular flexibility index (Phi) is 3.69. The van der Waals surface area contributed by atoms with E-state index in [1.54, 1.807) is 24.3 Å². The van der Waals surface area contributed by atoms with Crippen molar-refractivity contribution < 1.29 is 14.3 Å². The number of amides is 3. The largest absolute Gasteiger partial charge is 0.457 e. The van der Waals surface area contributed by atoms with E-state index in [2.05, 4.69) is 5.32 Å². The van der Waals surface area contributed by atoms with Gasteiger partial charge in [0, 0.05) is 12.8 Å². The molecule has 1 spiro atoms. The Morgan fingerprint density at radius 2 is 1.32 bits per heavy atom. The zero-order chi connectivity index (χ0) is 19.1. The lowest BCUT2D eigenvalue weighted by molar-refractivity contribution is -0.121. The lowest BCUT2D eigenvalue weighted by Crippen LogP contribution is -2.47. The Morgan fingerprint density at radius 1 is 0.750 bits per heavy atom. The molecule has 0 unspecified atom stereocenters. The first-order valence-corrected chi connectivity index (χ1v) is 9.21. The molecule has 1 N–H and O–H groups in total. The van der Waals surface area contributed by atoms with Gasteiger partial charge in [-0.25, -0.2) is 9.69 Å². The first-order valence-electron chi connectivity index (χ1n) is 9.21. The molecule has 3 aromatic rings. The van der Waals surface area contributed by atoms with E-state index in [4.69, 9.17) is 4.74 Å². The van der Waals surface area contributed by atoms with Gasteiger partial charge in [0.2, 0.25) is 0 Å². The minimum Gasteiger partial charge on any atom is -0.457 e. The number of carbonyl (C=O) groups is 2. The van der Waals surface area contributed by atoms with E-state index in [-0.39, 0.29) is 11.9 Å². The van der Waals surface area contributed by atoms with Crippen LogP contribution in [0.5, 0.6) is 11.5 Å². The maximum Gasteiger partial charge on any atom is 0.329 e. The monoisotopic (exact) mass is 370 g/mol. The Morgan fingerprint density at radius 3 is 1.96 bits per heavy atom. The number of benzene rings is 3. The zero-order valence-corrected chi connectivity index (χ0v) is 15.1. The van der Waals surface area contributed by atoms with Crippen LogP contribution in [0.2, 0.25) is 0 Å². The molecule has 3 amide bonds. The first kappa shape index (κ1) is 16.6. The van der Waals surface area contributed by atoms with E-state index in [1.807, 2.05) is 54.6 Å². The lowest BCUT2D eigenvalue weighted by atomic mass is 9.96. The summed E-state index contributed by atoms with van der Waals surface area (Å²) in [5, 5.41) is 2.94. The second-order valence-electron chi connectivity index (χ2n) is 7.18. The van der Waals surface area contributed by atoms with Crippen LogP contribution in [0.4, 0.5) is 10.5 Å². The maximum absolute atomic E-state index is 13.2. The number of hydrogen-bond donors (Lipinski definition) is 1. The molecule has 1 aliphatic heterocycles. The number of rotatable bonds is 3. The smallest absolute Gasteiger partial charge is 0.329 e. The Hall–Kier alpha value is -3.60. The molecule has 1 fully saturated rings. The van der Waals surface area contributed by atoms with E-state index < -0.39 is 5.54 Å². The SMILES string of the molecule is O=C1NC2(Cc3ccccc3C2)C(=O)N1c1ccc(Oc2ccccc2)cc1. The highest BCUT2D eigenvalue weighted by atomic mass is 16.5. The summed E-state index contributed by atoms with van der Waals surface area (Å²) in [7, 11) is 0. The van der Waals surface area contributed by atoms with Crippen molar-refractivity contribution in [3.8, 4) is 11.5 Å². The van der Waals surface area contributed by atoms with Gasteiger partial charge < -0.3 is 10.1 Å². The summed E-state index contributed by atoms with van der Waals surface area (Å²) in [6, 6.07) is 24.0. The molecule has 2 aliphatic rings. The molecule has 0 saturated carbocycles. The molecule has 0 atom stereocenters. The molecule has 28 heavy (non-hydrogen) atoms. The second kappa shape index (κ2) is 6.23. The molecule has 1 heterocycles. The first-order chi connectivity index (χ1) is 13.6. The summed E-state index contributed by atoms with van der Waals surface area (Å²) in [6.07, 6.45) is 1.05. The molecular weight excluding hydrogens is 352 g/mol. The van der Waals surface area contributed by atoms with Gasteiger partial charge in [-0.2, -0.15) is 0 Å². The van der Waals surface area contributed by atoms with Crippen LogP contribution in [0.1, 0.15) is 11.1 Å². The fourth-order valence-corrected chi connectivity index (χ4v) is 4.00. The van der Waals surface area contributed by atoms with Gasteiger partial charge in [0.05, 0.1) is 5.69 Å². The van der Waals surface area contributed by atoms with Crippen molar-refractivity contribution in [3.63, 3.8) is 0 Å². The van der Waals surface area contributed by atoms with Crippen LogP contribution in [-0.4, -0.2) is 17.5 Å². The van der Waals surface area contributed by atoms with Gasteiger partial charge >= 0.3 is 6.03 Å². The van der Waals surface area contributed by atoms with Crippen molar-refractivity contribution in [1.29, 1.82) is 0 Å². The summed E-state index contributed by atoms with van der Waals surface area (Å²) in [4.78, 5) is 27.1. The van der Waals surface area contributed by atoms with Gasteiger partial charge in [-0.3, -0.25) is 4.79 Å². The van der Waals surface area contributed by atoms with Gasteiger partial charge in [0.25, 0.3) is 5.91 Å². The summed E-state index contributed by atoms with van der Waals surface area (Å²) in [6.45, 7) is 0. The molecule has 0 bridgehead atoms. The van der Waals surface area contributed by atoms with Crippen molar-refractivity contribution in [3.05, 3.63) is 90.0 Å². The normalized spacial score (nSPS) is 16.9. The third-order valence-electron chi connectivity index (χ3n) is 5.34. The van der Waals surface area contributed by atoms with Crippen molar-refractivity contribution in [2.75, 3.05) is 4.90 Å². The van der Waals surface area contributed by atoms with Crippen molar-refractivity contribution in [2.45, 2.75) is 18.4 Å². The molecule has 5 nitrogen and oxygen atoms in total. The Balaban J connectivity index is 1.38. The summed E-state index contributed by atoms with van der Waals surface area (Å²) in [5.41, 5.74) is 1.89. The van der Waals surface area contributed by atoms with Gasteiger partial charge in [-0.05, 0) is 47.5 Å². The standard InChI is InChI=1S/C23H18N2O3/c26-21-23(14-16-6-4-5-7-17(16)15-23)24-22(27)25(21)18-10-12-20(13-11-18)28-19-8-2-1-3-9-19/h1-13H,14-15H2,(H,24,27). The van der Waals surface area contributed by atoms with Crippen LogP contribution < -0.4 is 15.0 Å². The predicted molar refractivity (Wildman–Crippen MR) is 106 cm³/mol. The Bertz CT molecular complexity index is 1040. The molecule has 1 saturated heterocycles. The molecular formula is C23H18N2O3. The van der Waals surface area contributed by atoms with Crippen molar-refractivity contribution >= 4 is 17.6 Å². The predicted octanol–water partition coefficient (Wildman–Crippen LogP) is 4.07. The topological polar surface area (TPSA) is 58.6 Å². The lowest BCUT2D eigenvalue weighted by Gasteiger charge is -2.20. The molecule has 3 aromatic carbocycles. The minimum atomic E-state index is -0.875. The second-order valence-corrected chi connectivity index (χ2v) is 7.18. The molecule has 0 radical (unpaired) electrons. The van der Waals surface area contributed by atoms with Gasteiger partial charge in [-0.15, -0.1) is 0 Å². The third-order valence-corrected chi connectivity index (χ3v) is 5.34. The van der Waals surface area contributed by atoms with Crippen LogP contribution in [0, 0.1) is 0 Å². The van der Waals surface area contributed by atoms with Gasteiger partial charge in [-0.1, -0.05) is 42.5 Å². The van der Waals surface area contributed by atoms with E-state index in [9.17, 15) is 9.59 Å². The summed E-state index contributed by atoms with van der Waals surface area (Å²) in [5.74, 6) is 1.17. The minimum absolute atomic E-state index is 0.203. The number of para-hydroxylation sites is 1. The highest BCUT2D eigenvalue weighted by Gasteiger charge is 2.54. The number of nitrogens with one attached hydrogen (secondary N) is 1. The molecule has 5 rings (SSSR count). The molecule has 1 aliphatic carbocycles. The van der Waals surface area contributed by atoms with E-state index >= 15 is 0 Å². The number of hydrogen-bond acceptors (Lipinski definition) is 3. The number of carbonyl (C=O) groups excluding carboxylic acids is 2. The summed E-state index contributed by atoms with van der Waals surface area (Å²) >= 11 is 0. The molecule has 5 heteroatoms. The highest BCUT2D eigenvalue weighted by Crippen LogP contribution is 2.37. The fraction of sp³-hybridized carbons (Fsp3) is 0.130. The Labute approximate surface area is 162 Å². The van der Waals surface area contributed by atoms with Crippen molar-refractivity contribution in [1.82, 2.24) is 5.32 Å². The fourth-order valence-electron chi connectivity index (χ4n) is 4.00. The molecule has 138 valence electrons. The number of nitrogens with zero attached hydrogens (tertiary/aromatic N) is 1. The number of urea groups is 1. The van der Waals surface area contributed by atoms with E-state index in [0.29, 0.717) is 24.3 Å².